The first-order valence-electron chi connectivity index (χ1n) is 3.52. The van der Waals surface area contributed by atoms with Gasteiger partial charge in [0, 0.05) is 0 Å². The third-order valence-corrected chi connectivity index (χ3v) is 2.72. The molecular formula is C9H6F2S. The molecule has 0 unspecified atom stereocenters. The average Bonchev–Trinajstić information content (AvgIpc) is 2.39. The van der Waals surface area contributed by atoms with E-state index in [-0.39, 0.29) is 10.9 Å². The molecule has 0 aliphatic carbocycles. The van der Waals surface area contributed by atoms with Gasteiger partial charge >= 0.3 is 0 Å². The van der Waals surface area contributed by atoms with E-state index in [1.54, 1.807) is 19.1 Å². The number of fused-ring (bicyclic) bond motifs is 1. The summed E-state index contributed by atoms with van der Waals surface area (Å²) in [5.41, 5.74) is 0.560. The Hall–Kier alpha value is -0.960. The maximum absolute atomic E-state index is 13.3. The van der Waals surface area contributed by atoms with Crippen molar-refractivity contribution in [2.45, 2.75) is 6.92 Å². The first kappa shape index (κ1) is 7.68. The molecule has 3 heteroatoms. The van der Waals surface area contributed by atoms with Gasteiger partial charge in [-0.25, -0.2) is 4.39 Å². The zero-order valence-electron chi connectivity index (χ0n) is 6.40. The number of hydrogen-bond donors (Lipinski definition) is 0. The molecule has 0 aliphatic rings. The number of thiophene rings is 1. The average molecular weight is 184 g/mol. The second-order valence-electron chi connectivity index (χ2n) is 2.67. The van der Waals surface area contributed by atoms with Gasteiger partial charge < -0.3 is 0 Å². The smallest absolute Gasteiger partial charge is 0.177 e. The van der Waals surface area contributed by atoms with E-state index in [0.717, 1.165) is 11.3 Å². The van der Waals surface area contributed by atoms with Crippen LogP contribution >= 0.6 is 11.3 Å². The summed E-state index contributed by atoms with van der Waals surface area (Å²) < 4.78 is 26.4. The monoisotopic (exact) mass is 184 g/mol. The fraction of sp³-hybridized carbons (Fsp3) is 0.111. The summed E-state index contributed by atoms with van der Waals surface area (Å²) in [6.45, 7) is 1.67. The molecule has 1 aromatic heterocycles. The highest BCUT2D eigenvalue weighted by molar-refractivity contribution is 7.17. The van der Waals surface area contributed by atoms with E-state index < -0.39 is 0 Å². The van der Waals surface area contributed by atoms with Crippen LogP contribution in [0.25, 0.3) is 10.1 Å². The van der Waals surface area contributed by atoms with E-state index in [9.17, 15) is 8.78 Å². The van der Waals surface area contributed by atoms with Gasteiger partial charge in [-0.2, -0.15) is 4.39 Å². The van der Waals surface area contributed by atoms with Gasteiger partial charge in [-0.3, -0.25) is 0 Å². The summed E-state index contributed by atoms with van der Waals surface area (Å²) in [4.78, 5) is 0. The van der Waals surface area contributed by atoms with Crippen molar-refractivity contribution < 1.29 is 8.78 Å². The lowest BCUT2D eigenvalue weighted by molar-refractivity contribution is 0.632. The second-order valence-corrected chi connectivity index (χ2v) is 3.67. The summed E-state index contributed by atoms with van der Waals surface area (Å²) in [5, 5.41) is 0.301. The molecule has 1 aromatic carbocycles. The molecule has 0 aliphatic heterocycles. The SMILES string of the molecule is Cc1ccc2cc(F)sc2c1F. The Balaban J connectivity index is 2.89. The molecule has 62 valence electrons. The first-order valence-corrected chi connectivity index (χ1v) is 4.34. The zero-order chi connectivity index (χ0) is 8.72. The quantitative estimate of drug-likeness (QED) is 0.588. The Morgan fingerprint density at radius 1 is 1.25 bits per heavy atom. The van der Waals surface area contributed by atoms with Crippen LogP contribution in [0.2, 0.25) is 0 Å². The predicted octanol–water partition coefficient (Wildman–Crippen LogP) is 3.49. The molecule has 12 heavy (non-hydrogen) atoms. The van der Waals surface area contributed by atoms with E-state index >= 15 is 0 Å². The summed E-state index contributed by atoms with van der Waals surface area (Å²) in [6, 6.07) is 4.74. The Bertz CT molecular complexity index is 431. The molecule has 0 saturated heterocycles. The van der Waals surface area contributed by atoms with Crippen molar-refractivity contribution in [1.82, 2.24) is 0 Å². The minimum absolute atomic E-state index is 0.304. The van der Waals surface area contributed by atoms with Gasteiger partial charge in [0.2, 0.25) is 0 Å². The first-order chi connectivity index (χ1) is 5.68. The lowest BCUT2D eigenvalue weighted by atomic mass is 10.2. The molecule has 2 aromatic rings. The minimum atomic E-state index is -0.338. The largest absolute Gasteiger partial charge is 0.205 e. The van der Waals surface area contributed by atoms with Crippen molar-refractivity contribution >= 4 is 21.4 Å². The van der Waals surface area contributed by atoms with Crippen molar-refractivity contribution in [3.8, 4) is 0 Å². The molecule has 2 rings (SSSR count). The third kappa shape index (κ3) is 1.01. The summed E-state index contributed by atoms with van der Waals surface area (Å²) in [5.74, 6) is -0.304. The number of benzene rings is 1. The van der Waals surface area contributed by atoms with E-state index in [2.05, 4.69) is 0 Å². The number of aryl methyl sites for hydroxylation is 1. The van der Waals surface area contributed by atoms with Crippen LogP contribution in [-0.2, 0) is 0 Å². The van der Waals surface area contributed by atoms with Gasteiger partial charge in [-0.05, 0) is 23.9 Å². The maximum Gasteiger partial charge on any atom is 0.177 e. The highest BCUT2D eigenvalue weighted by atomic mass is 32.1. The number of rotatable bonds is 0. The van der Waals surface area contributed by atoms with E-state index in [1.165, 1.54) is 6.07 Å². The zero-order valence-corrected chi connectivity index (χ0v) is 7.21. The van der Waals surface area contributed by atoms with Crippen LogP contribution < -0.4 is 0 Å². The van der Waals surface area contributed by atoms with Gasteiger partial charge in [-0.1, -0.05) is 12.1 Å². The third-order valence-electron chi connectivity index (χ3n) is 1.79. The molecule has 0 amide bonds. The number of hydrogen-bond acceptors (Lipinski definition) is 1. The molecule has 0 saturated carbocycles. The summed E-state index contributed by atoms with van der Waals surface area (Å²) in [7, 11) is 0. The lowest BCUT2D eigenvalue weighted by Gasteiger charge is -1.95. The lowest BCUT2D eigenvalue weighted by Crippen LogP contribution is -1.79. The van der Waals surface area contributed by atoms with Crippen LogP contribution in [0.5, 0.6) is 0 Å². The molecule has 0 nitrogen and oxygen atoms in total. The summed E-state index contributed by atoms with van der Waals surface area (Å²) >= 11 is 0.851. The van der Waals surface area contributed by atoms with Gasteiger partial charge in [-0.15, -0.1) is 11.3 Å². The minimum Gasteiger partial charge on any atom is -0.205 e. The maximum atomic E-state index is 13.3. The van der Waals surface area contributed by atoms with E-state index in [0.29, 0.717) is 15.6 Å². The molecule has 0 bridgehead atoms. The van der Waals surface area contributed by atoms with Gasteiger partial charge in [0.15, 0.2) is 5.13 Å². The fourth-order valence-electron chi connectivity index (χ4n) is 1.14. The highest BCUT2D eigenvalue weighted by Gasteiger charge is 2.07. The number of halogens is 2. The van der Waals surface area contributed by atoms with Crippen LogP contribution in [0.3, 0.4) is 0 Å². The van der Waals surface area contributed by atoms with Crippen LogP contribution in [0, 0.1) is 17.9 Å². The predicted molar refractivity (Wildman–Crippen MR) is 46.5 cm³/mol. The van der Waals surface area contributed by atoms with Crippen molar-refractivity contribution in [3.05, 3.63) is 34.7 Å². The van der Waals surface area contributed by atoms with Crippen molar-refractivity contribution in [2.75, 3.05) is 0 Å². The van der Waals surface area contributed by atoms with E-state index in [4.69, 9.17) is 0 Å². The van der Waals surface area contributed by atoms with Crippen molar-refractivity contribution in [1.29, 1.82) is 0 Å². The molecule has 0 fully saturated rings. The van der Waals surface area contributed by atoms with E-state index in [1.807, 2.05) is 0 Å². The Labute approximate surface area is 72.4 Å². The summed E-state index contributed by atoms with van der Waals surface area (Å²) in [6.07, 6.45) is 0. The van der Waals surface area contributed by atoms with Crippen LogP contribution in [0.4, 0.5) is 8.78 Å². The standard InChI is InChI=1S/C9H6F2S/c1-5-2-3-6-4-7(10)12-9(6)8(5)11/h2-4H,1H3. The fourth-order valence-corrected chi connectivity index (χ4v) is 2.01. The van der Waals surface area contributed by atoms with Crippen LogP contribution in [0.15, 0.2) is 18.2 Å². The molecule has 0 spiro atoms. The van der Waals surface area contributed by atoms with Gasteiger partial charge in [0.25, 0.3) is 0 Å². The molecule has 0 atom stereocenters. The topological polar surface area (TPSA) is 0 Å². The molecule has 1 heterocycles. The molecule has 0 N–H and O–H groups in total. The normalized spacial score (nSPS) is 10.9. The molecular weight excluding hydrogens is 178 g/mol. The van der Waals surface area contributed by atoms with Crippen molar-refractivity contribution in [2.24, 2.45) is 0 Å². The van der Waals surface area contributed by atoms with Gasteiger partial charge in [0.1, 0.15) is 5.82 Å². The van der Waals surface area contributed by atoms with Gasteiger partial charge in [0.05, 0.1) is 4.70 Å². The van der Waals surface area contributed by atoms with Crippen LogP contribution in [-0.4, -0.2) is 0 Å². The Morgan fingerprint density at radius 3 is 2.75 bits per heavy atom. The highest BCUT2D eigenvalue weighted by Crippen LogP contribution is 2.28. The van der Waals surface area contributed by atoms with Crippen LogP contribution in [0.1, 0.15) is 5.56 Å². The second kappa shape index (κ2) is 2.52. The Morgan fingerprint density at radius 2 is 2.00 bits per heavy atom. The Kier molecular flexibility index (Phi) is 1.61. The van der Waals surface area contributed by atoms with Crippen molar-refractivity contribution in [3.63, 3.8) is 0 Å². The molecule has 0 radical (unpaired) electrons.